The number of ether oxygens (including phenoxy) is 2. The number of carbonyl (C=O) groups excluding carboxylic acids is 1. The van der Waals surface area contributed by atoms with Crippen LogP contribution < -0.4 is 4.74 Å². The minimum Gasteiger partial charge on any atom is -0.460 e. The third-order valence-electron chi connectivity index (χ3n) is 3.98. The van der Waals surface area contributed by atoms with Crippen LogP contribution in [0.3, 0.4) is 0 Å². The van der Waals surface area contributed by atoms with Crippen LogP contribution in [0.15, 0.2) is 48.5 Å². The van der Waals surface area contributed by atoms with Crippen LogP contribution in [0.5, 0.6) is 5.75 Å². The van der Waals surface area contributed by atoms with Gasteiger partial charge in [0.2, 0.25) is 0 Å². The Kier molecular flexibility index (Phi) is 7.29. The van der Waals surface area contributed by atoms with E-state index in [1.807, 2.05) is 13.8 Å². The molecule has 0 aliphatic rings. The van der Waals surface area contributed by atoms with E-state index in [4.69, 9.17) is 16.3 Å². The lowest BCUT2D eigenvalue weighted by molar-refractivity contribution is -0.236. The number of hydrogen-bond acceptors (Lipinski definition) is 3. The highest BCUT2D eigenvalue weighted by atomic mass is 35.5. The highest BCUT2D eigenvalue weighted by Crippen LogP contribution is 2.30. The fourth-order valence-corrected chi connectivity index (χ4v) is 2.74. The average Bonchev–Trinajstić information content (AvgIpc) is 2.61. The number of para-hydroxylation sites is 1. The molecule has 0 amide bonds. The van der Waals surface area contributed by atoms with Crippen molar-refractivity contribution in [2.45, 2.75) is 38.9 Å². The van der Waals surface area contributed by atoms with Crippen LogP contribution in [-0.2, 0) is 16.1 Å². The summed E-state index contributed by atoms with van der Waals surface area (Å²) in [5.41, 5.74) is 0.830. The Morgan fingerprint density at radius 2 is 1.68 bits per heavy atom. The van der Waals surface area contributed by atoms with Gasteiger partial charge in [0.1, 0.15) is 12.4 Å². The first-order valence-electron chi connectivity index (χ1n) is 8.47. The lowest BCUT2D eigenvalue weighted by Crippen LogP contribution is -2.30. The summed E-state index contributed by atoms with van der Waals surface area (Å²) in [7, 11) is 0. The molecule has 0 radical (unpaired) electrons. The molecule has 8 heteroatoms. The molecule has 152 valence electrons. The number of carbonyl (C=O) groups is 1. The van der Waals surface area contributed by atoms with Crippen LogP contribution in [0.4, 0.5) is 17.6 Å². The molecule has 0 saturated carbocycles. The van der Waals surface area contributed by atoms with Crippen LogP contribution in [0, 0.1) is 5.92 Å². The molecular formula is C20H19ClF4O3. The zero-order valence-electron chi connectivity index (χ0n) is 15.2. The Morgan fingerprint density at radius 1 is 1.07 bits per heavy atom. The minimum absolute atomic E-state index is 0.0966. The molecule has 0 heterocycles. The Labute approximate surface area is 165 Å². The van der Waals surface area contributed by atoms with Crippen LogP contribution in [0.1, 0.15) is 30.9 Å². The normalized spacial score (nSPS) is 13.9. The van der Waals surface area contributed by atoms with Gasteiger partial charge in [0.25, 0.3) is 0 Å². The summed E-state index contributed by atoms with van der Waals surface area (Å²) in [4.78, 5) is 12.6. The standard InChI is InChI=1S/C20H19ClF4O3/c1-12(2)17(13-7-9-15(21)10-8-13)18(26)27-11-14-5-3-4-6-16(14)28-19(22)20(23,24)25/h3-10,12,17,19H,11H2,1-2H3. The lowest BCUT2D eigenvalue weighted by atomic mass is 9.88. The highest BCUT2D eigenvalue weighted by molar-refractivity contribution is 6.30. The van der Waals surface area contributed by atoms with Gasteiger partial charge < -0.3 is 9.47 Å². The van der Waals surface area contributed by atoms with Crippen molar-refractivity contribution >= 4 is 17.6 Å². The fourth-order valence-electron chi connectivity index (χ4n) is 2.62. The number of benzene rings is 2. The van der Waals surface area contributed by atoms with Crippen LogP contribution >= 0.6 is 11.6 Å². The van der Waals surface area contributed by atoms with Crippen LogP contribution in [-0.4, -0.2) is 18.5 Å². The second-order valence-corrected chi connectivity index (χ2v) is 6.90. The number of halogens is 5. The number of esters is 1. The van der Waals surface area contributed by atoms with Gasteiger partial charge in [-0.05, 0) is 29.7 Å². The summed E-state index contributed by atoms with van der Waals surface area (Å²) in [5, 5.41) is 0.524. The maximum atomic E-state index is 13.2. The van der Waals surface area contributed by atoms with Crippen molar-refractivity contribution < 1.29 is 31.8 Å². The van der Waals surface area contributed by atoms with E-state index in [0.717, 1.165) is 0 Å². The fraction of sp³-hybridized carbons (Fsp3) is 0.350. The van der Waals surface area contributed by atoms with E-state index in [1.54, 1.807) is 24.3 Å². The van der Waals surface area contributed by atoms with Gasteiger partial charge in [-0.1, -0.05) is 55.8 Å². The Morgan fingerprint density at radius 3 is 2.25 bits per heavy atom. The molecular weight excluding hydrogens is 400 g/mol. The molecule has 0 aliphatic carbocycles. The lowest BCUT2D eigenvalue weighted by Gasteiger charge is -2.21. The summed E-state index contributed by atoms with van der Waals surface area (Å²) in [6, 6.07) is 12.2. The van der Waals surface area contributed by atoms with Gasteiger partial charge in [0, 0.05) is 10.6 Å². The molecule has 3 nitrogen and oxygen atoms in total. The molecule has 0 fully saturated rings. The molecule has 2 rings (SSSR count). The molecule has 0 N–H and O–H groups in total. The third kappa shape index (κ3) is 5.86. The Bertz CT molecular complexity index is 791. The predicted molar refractivity (Wildman–Crippen MR) is 96.8 cm³/mol. The summed E-state index contributed by atoms with van der Waals surface area (Å²) in [6.07, 6.45) is -8.62. The molecule has 0 aromatic heterocycles. The van der Waals surface area contributed by atoms with Gasteiger partial charge in [-0.25, -0.2) is 0 Å². The smallest absolute Gasteiger partial charge is 0.457 e. The van der Waals surface area contributed by atoms with E-state index in [2.05, 4.69) is 4.74 Å². The number of rotatable bonds is 7. The first kappa shape index (κ1) is 22.0. The zero-order chi connectivity index (χ0) is 20.9. The second kappa shape index (κ2) is 9.28. The Balaban J connectivity index is 2.12. The summed E-state index contributed by atoms with van der Waals surface area (Å²) in [5.74, 6) is -1.58. The van der Waals surface area contributed by atoms with Crippen molar-refractivity contribution in [2.75, 3.05) is 0 Å². The summed E-state index contributed by atoms with van der Waals surface area (Å²) >= 11 is 5.87. The Hall–Kier alpha value is -2.28. The van der Waals surface area contributed by atoms with Crippen molar-refractivity contribution in [1.29, 1.82) is 0 Å². The first-order chi connectivity index (χ1) is 13.1. The minimum atomic E-state index is -5.15. The number of alkyl halides is 4. The van der Waals surface area contributed by atoms with E-state index < -0.39 is 24.4 Å². The van der Waals surface area contributed by atoms with Crippen LogP contribution in [0.2, 0.25) is 5.02 Å². The largest absolute Gasteiger partial charge is 0.460 e. The maximum Gasteiger partial charge on any atom is 0.457 e. The van der Waals surface area contributed by atoms with Crippen LogP contribution in [0.25, 0.3) is 0 Å². The van der Waals surface area contributed by atoms with Gasteiger partial charge in [0.15, 0.2) is 0 Å². The molecule has 2 atom stereocenters. The van der Waals surface area contributed by atoms with E-state index in [-0.39, 0.29) is 23.8 Å². The molecule has 0 bridgehead atoms. The van der Waals surface area contributed by atoms with E-state index in [0.29, 0.717) is 10.6 Å². The first-order valence-corrected chi connectivity index (χ1v) is 8.85. The topological polar surface area (TPSA) is 35.5 Å². The quantitative estimate of drug-likeness (QED) is 0.405. The maximum absolute atomic E-state index is 13.2. The molecule has 2 aromatic rings. The van der Waals surface area contributed by atoms with Crippen molar-refractivity contribution in [3.05, 3.63) is 64.7 Å². The number of hydrogen-bond donors (Lipinski definition) is 0. The van der Waals surface area contributed by atoms with E-state index in [1.165, 1.54) is 24.3 Å². The molecule has 0 aliphatic heterocycles. The van der Waals surface area contributed by atoms with Gasteiger partial charge in [-0.15, -0.1) is 0 Å². The van der Waals surface area contributed by atoms with E-state index in [9.17, 15) is 22.4 Å². The second-order valence-electron chi connectivity index (χ2n) is 6.46. The summed E-state index contributed by atoms with van der Waals surface area (Å²) < 4.78 is 60.0. The van der Waals surface area contributed by atoms with Gasteiger partial charge in [-0.2, -0.15) is 17.6 Å². The van der Waals surface area contributed by atoms with Crippen molar-refractivity contribution in [2.24, 2.45) is 5.92 Å². The molecule has 28 heavy (non-hydrogen) atoms. The van der Waals surface area contributed by atoms with Crippen molar-refractivity contribution in [3.63, 3.8) is 0 Å². The average molecular weight is 419 g/mol. The molecule has 0 saturated heterocycles. The van der Waals surface area contributed by atoms with E-state index >= 15 is 0 Å². The SMILES string of the molecule is CC(C)C(C(=O)OCc1ccccc1OC(F)C(F)(F)F)c1ccc(Cl)cc1. The van der Waals surface area contributed by atoms with Gasteiger partial charge in [-0.3, -0.25) is 4.79 Å². The third-order valence-corrected chi connectivity index (χ3v) is 4.23. The van der Waals surface area contributed by atoms with Gasteiger partial charge in [0.05, 0.1) is 5.92 Å². The van der Waals surface area contributed by atoms with Gasteiger partial charge >= 0.3 is 18.5 Å². The molecule has 2 unspecified atom stereocenters. The molecule has 2 aromatic carbocycles. The van der Waals surface area contributed by atoms with Crippen molar-refractivity contribution in [3.8, 4) is 5.75 Å². The predicted octanol–water partition coefficient (Wildman–Crippen LogP) is 6.06. The zero-order valence-corrected chi connectivity index (χ0v) is 15.9. The highest BCUT2D eigenvalue weighted by Gasteiger charge is 2.42. The monoisotopic (exact) mass is 418 g/mol. The summed E-state index contributed by atoms with van der Waals surface area (Å²) in [6.45, 7) is 3.33. The van der Waals surface area contributed by atoms with Crippen molar-refractivity contribution in [1.82, 2.24) is 0 Å². The molecule has 0 spiro atoms.